The summed E-state index contributed by atoms with van der Waals surface area (Å²) in [6.45, 7) is 0. The van der Waals surface area contributed by atoms with Crippen molar-refractivity contribution in [1.29, 1.82) is 0 Å². The average Bonchev–Trinajstić information content (AvgIpc) is 2.97. The lowest BCUT2D eigenvalue weighted by atomic mass is 10.2. The van der Waals surface area contributed by atoms with Crippen molar-refractivity contribution in [2.45, 2.75) is 0 Å². The first-order valence-corrected chi connectivity index (χ1v) is 6.08. The molecule has 0 spiro atoms. The van der Waals surface area contributed by atoms with Gasteiger partial charge in [0.25, 0.3) is 5.91 Å². The van der Waals surface area contributed by atoms with Crippen LogP contribution in [0.4, 0.5) is 5.95 Å². The molecule has 0 saturated heterocycles. The Labute approximate surface area is 114 Å². The molecule has 1 aromatic carbocycles. The molecular formula is C13H11ClN4O. The topological polar surface area (TPSA) is 62.7 Å². The number of amides is 1. The zero-order valence-electron chi connectivity index (χ0n) is 10.1. The van der Waals surface area contributed by atoms with Gasteiger partial charge in [-0.05, 0) is 24.3 Å². The Morgan fingerprint density at radius 2 is 2.26 bits per heavy atom. The normalized spacial score (nSPS) is 10.8. The van der Waals surface area contributed by atoms with Crippen LogP contribution in [0.25, 0.3) is 10.9 Å². The van der Waals surface area contributed by atoms with Gasteiger partial charge in [0.15, 0.2) is 0 Å². The fraction of sp³-hybridized carbons (Fsp3) is 0.0769. The lowest BCUT2D eigenvalue weighted by Crippen LogP contribution is -2.16. The molecule has 0 aliphatic heterocycles. The van der Waals surface area contributed by atoms with Gasteiger partial charge in [0, 0.05) is 35.4 Å². The van der Waals surface area contributed by atoms with Crippen molar-refractivity contribution in [2.24, 2.45) is 7.05 Å². The molecule has 0 bridgehead atoms. The van der Waals surface area contributed by atoms with Crippen LogP contribution in [0.5, 0.6) is 0 Å². The third kappa shape index (κ3) is 2.08. The molecule has 5 nitrogen and oxygen atoms in total. The van der Waals surface area contributed by atoms with Crippen LogP contribution in [0, 0.1) is 0 Å². The smallest absolute Gasteiger partial charge is 0.274 e. The van der Waals surface area contributed by atoms with Crippen molar-refractivity contribution in [1.82, 2.24) is 14.5 Å². The van der Waals surface area contributed by atoms with Crippen LogP contribution >= 0.6 is 11.6 Å². The van der Waals surface area contributed by atoms with Gasteiger partial charge in [0.1, 0.15) is 5.69 Å². The molecule has 2 N–H and O–H groups in total. The second kappa shape index (κ2) is 4.44. The van der Waals surface area contributed by atoms with E-state index < -0.39 is 0 Å². The van der Waals surface area contributed by atoms with Crippen LogP contribution in [0.15, 0.2) is 36.7 Å². The Balaban J connectivity index is 2.00. The zero-order valence-corrected chi connectivity index (χ0v) is 10.9. The van der Waals surface area contributed by atoms with Crippen molar-refractivity contribution >= 4 is 34.4 Å². The van der Waals surface area contributed by atoms with E-state index in [-0.39, 0.29) is 5.91 Å². The molecule has 0 aliphatic carbocycles. The monoisotopic (exact) mass is 274 g/mol. The lowest BCUT2D eigenvalue weighted by molar-refractivity contribution is 0.101. The molecular weight excluding hydrogens is 264 g/mol. The SMILES string of the molecule is Cn1c(C(=O)Nc2ncc[nH]2)cc2cc(Cl)ccc21. The van der Waals surface area contributed by atoms with Gasteiger partial charge in [-0.3, -0.25) is 10.1 Å². The Morgan fingerprint density at radius 3 is 3.00 bits per heavy atom. The molecule has 0 radical (unpaired) electrons. The van der Waals surface area contributed by atoms with Gasteiger partial charge >= 0.3 is 0 Å². The number of hydrogen-bond acceptors (Lipinski definition) is 2. The number of carbonyl (C=O) groups is 1. The van der Waals surface area contributed by atoms with E-state index in [1.807, 2.05) is 23.7 Å². The minimum atomic E-state index is -0.218. The van der Waals surface area contributed by atoms with Gasteiger partial charge in [-0.15, -0.1) is 0 Å². The highest BCUT2D eigenvalue weighted by Gasteiger charge is 2.14. The number of aromatic amines is 1. The highest BCUT2D eigenvalue weighted by atomic mass is 35.5. The number of carbonyl (C=O) groups excluding carboxylic acids is 1. The Kier molecular flexibility index (Phi) is 2.76. The number of hydrogen-bond donors (Lipinski definition) is 2. The minimum absolute atomic E-state index is 0.218. The van der Waals surface area contributed by atoms with Gasteiger partial charge in [0.2, 0.25) is 5.95 Å². The van der Waals surface area contributed by atoms with Crippen LogP contribution in [-0.2, 0) is 7.05 Å². The number of halogens is 1. The van der Waals surface area contributed by atoms with E-state index in [4.69, 9.17) is 11.6 Å². The van der Waals surface area contributed by atoms with E-state index in [0.29, 0.717) is 16.7 Å². The van der Waals surface area contributed by atoms with Crippen LogP contribution in [0.3, 0.4) is 0 Å². The molecule has 3 aromatic rings. The summed E-state index contributed by atoms with van der Waals surface area (Å²) in [6.07, 6.45) is 3.23. The number of nitrogens with one attached hydrogen (secondary N) is 2. The van der Waals surface area contributed by atoms with E-state index in [2.05, 4.69) is 15.3 Å². The van der Waals surface area contributed by atoms with Gasteiger partial charge < -0.3 is 9.55 Å². The second-order valence-electron chi connectivity index (χ2n) is 4.18. The molecule has 19 heavy (non-hydrogen) atoms. The second-order valence-corrected chi connectivity index (χ2v) is 4.62. The predicted octanol–water partition coefficient (Wildman–Crippen LogP) is 2.81. The maximum atomic E-state index is 12.2. The van der Waals surface area contributed by atoms with Crippen molar-refractivity contribution in [3.05, 3.63) is 47.4 Å². The number of rotatable bonds is 2. The maximum Gasteiger partial charge on any atom is 0.274 e. The molecule has 0 saturated carbocycles. The molecule has 0 unspecified atom stereocenters. The summed E-state index contributed by atoms with van der Waals surface area (Å²) in [5.41, 5.74) is 1.50. The Bertz CT molecular complexity index is 745. The van der Waals surface area contributed by atoms with Crippen LogP contribution < -0.4 is 5.32 Å². The minimum Gasteiger partial charge on any atom is -0.340 e. The van der Waals surface area contributed by atoms with Crippen molar-refractivity contribution < 1.29 is 4.79 Å². The number of nitrogens with zero attached hydrogens (tertiary/aromatic N) is 2. The number of aromatic nitrogens is 3. The van der Waals surface area contributed by atoms with E-state index in [1.165, 1.54) is 0 Å². The van der Waals surface area contributed by atoms with E-state index in [0.717, 1.165) is 10.9 Å². The molecule has 0 atom stereocenters. The number of benzene rings is 1. The molecule has 96 valence electrons. The molecule has 2 aromatic heterocycles. The van der Waals surface area contributed by atoms with Crippen LogP contribution in [-0.4, -0.2) is 20.4 Å². The van der Waals surface area contributed by atoms with Gasteiger partial charge in [-0.25, -0.2) is 4.98 Å². The number of imidazole rings is 1. The summed E-state index contributed by atoms with van der Waals surface area (Å²) < 4.78 is 1.82. The third-order valence-corrected chi connectivity index (χ3v) is 3.20. The van der Waals surface area contributed by atoms with E-state index in [9.17, 15) is 4.79 Å². The van der Waals surface area contributed by atoms with Crippen molar-refractivity contribution in [3.8, 4) is 0 Å². The van der Waals surface area contributed by atoms with Crippen LogP contribution in [0.2, 0.25) is 5.02 Å². The first kappa shape index (κ1) is 11.8. The summed E-state index contributed by atoms with van der Waals surface area (Å²) in [6, 6.07) is 7.33. The molecule has 2 heterocycles. The van der Waals surface area contributed by atoms with Crippen molar-refractivity contribution in [2.75, 3.05) is 5.32 Å². The lowest BCUT2D eigenvalue weighted by Gasteiger charge is -2.03. The quantitative estimate of drug-likeness (QED) is 0.755. The van der Waals surface area contributed by atoms with Crippen molar-refractivity contribution in [3.63, 3.8) is 0 Å². The highest BCUT2D eigenvalue weighted by molar-refractivity contribution is 6.31. The van der Waals surface area contributed by atoms with E-state index in [1.54, 1.807) is 24.5 Å². The fourth-order valence-electron chi connectivity index (χ4n) is 2.04. The Morgan fingerprint density at radius 1 is 1.42 bits per heavy atom. The zero-order chi connectivity index (χ0) is 13.4. The average molecular weight is 275 g/mol. The summed E-state index contributed by atoms with van der Waals surface area (Å²) in [4.78, 5) is 19.0. The fourth-order valence-corrected chi connectivity index (χ4v) is 2.22. The number of anilines is 1. The molecule has 6 heteroatoms. The van der Waals surface area contributed by atoms with Gasteiger partial charge in [0.05, 0.1) is 0 Å². The third-order valence-electron chi connectivity index (χ3n) is 2.97. The molecule has 0 fully saturated rings. The first-order chi connectivity index (χ1) is 9.15. The number of fused-ring (bicyclic) bond motifs is 1. The largest absolute Gasteiger partial charge is 0.340 e. The summed E-state index contributed by atoms with van der Waals surface area (Å²) in [5.74, 6) is 0.207. The maximum absolute atomic E-state index is 12.2. The summed E-state index contributed by atoms with van der Waals surface area (Å²) in [7, 11) is 1.84. The molecule has 1 amide bonds. The summed E-state index contributed by atoms with van der Waals surface area (Å²) >= 11 is 5.95. The number of aryl methyl sites for hydroxylation is 1. The first-order valence-electron chi connectivity index (χ1n) is 5.71. The molecule has 0 aliphatic rings. The Hall–Kier alpha value is -2.27. The highest BCUT2D eigenvalue weighted by Crippen LogP contribution is 2.22. The van der Waals surface area contributed by atoms with Crippen LogP contribution in [0.1, 0.15) is 10.5 Å². The van der Waals surface area contributed by atoms with Gasteiger partial charge in [-0.1, -0.05) is 11.6 Å². The van der Waals surface area contributed by atoms with E-state index >= 15 is 0 Å². The predicted molar refractivity (Wildman–Crippen MR) is 74.5 cm³/mol. The number of H-pyrrole nitrogens is 1. The van der Waals surface area contributed by atoms with Gasteiger partial charge in [-0.2, -0.15) is 0 Å². The standard InChI is InChI=1S/C13H11ClN4O/c1-18-10-3-2-9(14)6-8(10)7-11(18)12(19)17-13-15-4-5-16-13/h2-7H,1H3,(H2,15,16,17,19). The molecule has 3 rings (SSSR count). The summed E-state index contributed by atoms with van der Waals surface area (Å²) in [5, 5.41) is 4.27.